The van der Waals surface area contributed by atoms with E-state index in [1.807, 2.05) is 6.07 Å². The molecule has 0 aliphatic heterocycles. The van der Waals surface area contributed by atoms with Crippen LogP contribution in [-0.4, -0.2) is 28.6 Å². The number of hydrogen-bond acceptors (Lipinski definition) is 4. The molecule has 0 N–H and O–H groups in total. The van der Waals surface area contributed by atoms with Crippen LogP contribution in [0.15, 0.2) is 30.3 Å². The van der Waals surface area contributed by atoms with Crippen LogP contribution in [0.5, 0.6) is 0 Å². The molecule has 1 rings (SSSR count). The average Bonchev–Trinajstić information content (AvgIpc) is 2.26. The number of hydrogen-bond donors (Lipinski definition) is 0. The van der Waals surface area contributed by atoms with Crippen LogP contribution in [0.2, 0.25) is 0 Å². The van der Waals surface area contributed by atoms with E-state index in [2.05, 4.69) is 0 Å². The van der Waals surface area contributed by atoms with E-state index >= 15 is 0 Å². The Morgan fingerprint density at radius 1 is 1.13 bits per heavy atom. The third kappa shape index (κ3) is 4.43. The van der Waals surface area contributed by atoms with Crippen molar-refractivity contribution in [3.8, 4) is 0 Å². The Balaban J connectivity index is 0.00000196. The van der Waals surface area contributed by atoms with Crippen molar-refractivity contribution in [2.75, 3.05) is 14.2 Å². The van der Waals surface area contributed by atoms with Crippen molar-refractivity contribution < 1.29 is 18.4 Å². The Morgan fingerprint density at radius 3 is 2.13 bits per heavy atom. The fourth-order valence-corrected chi connectivity index (χ4v) is 1.38. The third-order valence-electron chi connectivity index (χ3n) is 1.47. The monoisotopic (exact) mass is 225 g/mol. The normalized spacial score (nSPS) is 9.53. The van der Waals surface area contributed by atoms with E-state index in [4.69, 9.17) is 13.6 Å². The van der Waals surface area contributed by atoms with Gasteiger partial charge in [0, 0.05) is 22.6 Å². The van der Waals surface area contributed by atoms with Gasteiger partial charge in [-0.15, -0.1) is 0 Å². The van der Waals surface area contributed by atoms with Gasteiger partial charge in [0.25, 0.3) is 0 Å². The molecular formula is C9H11BO4P. The second-order valence-electron chi connectivity index (χ2n) is 2.33. The second kappa shape index (κ2) is 7.40. The van der Waals surface area contributed by atoms with E-state index in [0.29, 0.717) is 5.56 Å². The molecule has 1 aromatic rings. The highest BCUT2D eigenvalue weighted by Gasteiger charge is 2.15. The molecule has 0 fully saturated rings. The highest BCUT2D eigenvalue weighted by Crippen LogP contribution is 2.38. The maximum absolute atomic E-state index is 11.4. The standard InChI is InChI=1S/C9H11O4P.B/c1-11-14(12-2)13-9(10)8-6-4-3-5-7-8;/h3-7H,1-2H3;. The van der Waals surface area contributed by atoms with Gasteiger partial charge in [-0.05, 0) is 12.1 Å². The minimum atomic E-state index is -1.57. The molecule has 0 bridgehead atoms. The van der Waals surface area contributed by atoms with E-state index in [1.165, 1.54) is 14.2 Å². The summed E-state index contributed by atoms with van der Waals surface area (Å²) in [6, 6.07) is 8.69. The van der Waals surface area contributed by atoms with Crippen LogP contribution in [0.1, 0.15) is 10.4 Å². The molecule has 15 heavy (non-hydrogen) atoms. The quantitative estimate of drug-likeness (QED) is 0.580. The molecule has 0 aromatic heterocycles. The van der Waals surface area contributed by atoms with Crippen LogP contribution >= 0.6 is 8.60 Å². The Labute approximate surface area is 92.1 Å². The fraction of sp³-hybridized carbons (Fsp3) is 0.222. The van der Waals surface area contributed by atoms with Crippen LogP contribution in [0, 0.1) is 0 Å². The minimum absolute atomic E-state index is 0. The lowest BCUT2D eigenvalue weighted by molar-refractivity contribution is 0.0694. The molecule has 6 heteroatoms. The zero-order chi connectivity index (χ0) is 10.4. The van der Waals surface area contributed by atoms with Gasteiger partial charge < -0.3 is 13.6 Å². The lowest BCUT2D eigenvalue weighted by atomic mass is 10.2. The summed E-state index contributed by atoms with van der Waals surface area (Å²) in [5.74, 6) is -0.444. The van der Waals surface area contributed by atoms with Crippen molar-refractivity contribution in [3.05, 3.63) is 35.9 Å². The lowest BCUT2D eigenvalue weighted by Crippen LogP contribution is -2.02. The molecule has 1 aromatic carbocycles. The van der Waals surface area contributed by atoms with Gasteiger partial charge in [-0.3, -0.25) is 0 Å². The van der Waals surface area contributed by atoms with Crippen molar-refractivity contribution in [1.82, 2.24) is 0 Å². The first-order valence-corrected chi connectivity index (χ1v) is 5.03. The molecule has 0 saturated heterocycles. The van der Waals surface area contributed by atoms with Crippen molar-refractivity contribution in [1.29, 1.82) is 0 Å². The summed E-state index contributed by atoms with van der Waals surface area (Å²) in [5.41, 5.74) is 0.481. The van der Waals surface area contributed by atoms with Crippen LogP contribution in [0.3, 0.4) is 0 Å². The first-order valence-electron chi connectivity index (χ1n) is 3.93. The number of rotatable bonds is 4. The maximum Gasteiger partial charge on any atom is 0.399 e. The predicted molar refractivity (Wildman–Crippen MR) is 58.5 cm³/mol. The first kappa shape index (κ1) is 14.1. The second-order valence-corrected chi connectivity index (χ2v) is 3.69. The molecule has 79 valence electrons. The van der Waals surface area contributed by atoms with Crippen LogP contribution in [0.25, 0.3) is 0 Å². The van der Waals surface area contributed by atoms with E-state index in [1.54, 1.807) is 24.3 Å². The summed E-state index contributed by atoms with van der Waals surface area (Å²) in [5, 5.41) is 0. The van der Waals surface area contributed by atoms with Gasteiger partial charge in [-0.2, -0.15) is 0 Å². The fourth-order valence-electron chi connectivity index (χ4n) is 0.844. The van der Waals surface area contributed by atoms with Gasteiger partial charge in [0.05, 0.1) is 5.56 Å². The Hall–Kier alpha value is -0.895. The molecule has 0 saturated carbocycles. The summed E-state index contributed by atoms with van der Waals surface area (Å²) in [6.45, 7) is 0. The number of carbonyl (C=O) groups is 1. The third-order valence-corrected chi connectivity index (χ3v) is 2.38. The molecule has 0 amide bonds. The van der Waals surface area contributed by atoms with E-state index in [0.717, 1.165) is 0 Å². The zero-order valence-electron chi connectivity index (χ0n) is 8.54. The highest BCUT2D eigenvalue weighted by molar-refractivity contribution is 7.42. The molecule has 0 spiro atoms. The Morgan fingerprint density at radius 2 is 1.67 bits per heavy atom. The van der Waals surface area contributed by atoms with E-state index < -0.39 is 14.6 Å². The Kier molecular flexibility index (Phi) is 6.96. The highest BCUT2D eigenvalue weighted by atomic mass is 31.2. The van der Waals surface area contributed by atoms with Gasteiger partial charge in [-0.1, -0.05) is 18.2 Å². The first-order chi connectivity index (χ1) is 6.77. The summed E-state index contributed by atoms with van der Waals surface area (Å²) < 4.78 is 14.5. The molecule has 0 atom stereocenters. The van der Waals surface area contributed by atoms with Crippen molar-refractivity contribution in [3.63, 3.8) is 0 Å². The largest absolute Gasteiger partial charge is 0.399 e. The summed E-state index contributed by atoms with van der Waals surface area (Å²) in [7, 11) is 1.28. The van der Waals surface area contributed by atoms with Gasteiger partial charge >= 0.3 is 14.6 Å². The summed E-state index contributed by atoms with van der Waals surface area (Å²) in [4.78, 5) is 11.4. The lowest BCUT2D eigenvalue weighted by Gasteiger charge is -2.10. The molecule has 4 nitrogen and oxygen atoms in total. The minimum Gasteiger partial charge on any atom is -0.390 e. The van der Waals surface area contributed by atoms with Crippen LogP contribution in [0.4, 0.5) is 0 Å². The molecule has 0 unspecified atom stereocenters. The molecule has 0 heterocycles. The average molecular weight is 225 g/mol. The van der Waals surface area contributed by atoms with E-state index in [9.17, 15) is 4.79 Å². The molecule has 3 radical (unpaired) electrons. The van der Waals surface area contributed by atoms with Crippen molar-refractivity contribution >= 4 is 23.0 Å². The van der Waals surface area contributed by atoms with Gasteiger partial charge in [0.2, 0.25) is 0 Å². The van der Waals surface area contributed by atoms with Crippen molar-refractivity contribution in [2.45, 2.75) is 0 Å². The molecule has 0 aliphatic carbocycles. The Bertz CT molecular complexity index is 289. The van der Waals surface area contributed by atoms with Crippen LogP contribution < -0.4 is 0 Å². The number of benzene rings is 1. The summed E-state index contributed by atoms with van der Waals surface area (Å²) >= 11 is 0. The van der Waals surface area contributed by atoms with Gasteiger partial charge in [0.1, 0.15) is 0 Å². The van der Waals surface area contributed by atoms with Crippen molar-refractivity contribution in [2.24, 2.45) is 0 Å². The van der Waals surface area contributed by atoms with Gasteiger partial charge in [-0.25, -0.2) is 4.79 Å². The molecular weight excluding hydrogens is 214 g/mol. The zero-order valence-corrected chi connectivity index (χ0v) is 9.44. The topological polar surface area (TPSA) is 44.8 Å². The van der Waals surface area contributed by atoms with Gasteiger partial charge in [0.15, 0.2) is 0 Å². The summed E-state index contributed by atoms with van der Waals surface area (Å²) in [6.07, 6.45) is 0. The maximum atomic E-state index is 11.4. The smallest absolute Gasteiger partial charge is 0.390 e. The number of carbonyl (C=O) groups excluding carboxylic acids is 1. The van der Waals surface area contributed by atoms with Crippen LogP contribution in [-0.2, 0) is 13.6 Å². The van der Waals surface area contributed by atoms with E-state index in [-0.39, 0.29) is 8.41 Å². The SMILES string of the molecule is COP(OC)OC(=O)c1ccccc1.[B]. The molecule has 0 aliphatic rings. The predicted octanol–water partition coefficient (Wildman–Crippen LogP) is 1.98.